The van der Waals surface area contributed by atoms with E-state index < -0.39 is 11.7 Å². The lowest BCUT2D eigenvalue weighted by atomic mass is 9.92. The molecule has 5 heteroatoms. The second-order valence-corrected chi connectivity index (χ2v) is 5.28. The highest BCUT2D eigenvalue weighted by atomic mass is 16.5. The summed E-state index contributed by atoms with van der Waals surface area (Å²) >= 11 is 0. The highest BCUT2D eigenvalue weighted by molar-refractivity contribution is 5.32. The molecule has 0 spiro atoms. The van der Waals surface area contributed by atoms with Gasteiger partial charge in [-0.05, 0) is 25.0 Å². The van der Waals surface area contributed by atoms with E-state index in [1.807, 2.05) is 30.3 Å². The molecule has 0 saturated heterocycles. The zero-order valence-electron chi connectivity index (χ0n) is 11.6. The highest BCUT2D eigenvalue weighted by Crippen LogP contribution is 2.42. The van der Waals surface area contributed by atoms with Crippen LogP contribution in [0.2, 0.25) is 0 Å². The smallest absolute Gasteiger partial charge is 0.127 e. The van der Waals surface area contributed by atoms with Crippen LogP contribution in [0.15, 0.2) is 36.5 Å². The first-order chi connectivity index (χ1) is 9.77. The Balaban J connectivity index is 1.97. The molecule has 1 aliphatic carbocycles. The molecule has 3 rings (SSSR count). The van der Waals surface area contributed by atoms with E-state index in [1.54, 1.807) is 18.0 Å². The Bertz CT molecular complexity index is 562. The minimum Gasteiger partial charge on any atom is -0.384 e. The summed E-state index contributed by atoms with van der Waals surface area (Å²) in [5.41, 5.74) is 1.07. The van der Waals surface area contributed by atoms with Gasteiger partial charge in [0.05, 0.1) is 23.2 Å². The normalized spacial score (nSPS) is 19.1. The van der Waals surface area contributed by atoms with Crippen molar-refractivity contribution in [3.8, 4) is 5.69 Å². The van der Waals surface area contributed by atoms with Crippen molar-refractivity contribution >= 4 is 0 Å². The Morgan fingerprint density at radius 3 is 2.60 bits per heavy atom. The number of aliphatic hydroxyl groups excluding tert-OH is 1. The van der Waals surface area contributed by atoms with E-state index in [0.717, 1.165) is 31.4 Å². The van der Waals surface area contributed by atoms with Gasteiger partial charge in [-0.1, -0.05) is 36.3 Å². The SMILES string of the molecule is COC1(C(O)c2cnnn2-c2ccccc2)CCCC1. The summed E-state index contributed by atoms with van der Waals surface area (Å²) in [6, 6.07) is 9.71. The van der Waals surface area contributed by atoms with Crippen molar-refractivity contribution in [2.45, 2.75) is 37.4 Å². The summed E-state index contributed by atoms with van der Waals surface area (Å²) in [6.45, 7) is 0. The quantitative estimate of drug-likeness (QED) is 0.928. The van der Waals surface area contributed by atoms with Crippen molar-refractivity contribution in [2.24, 2.45) is 0 Å². The molecule has 0 aliphatic heterocycles. The molecular weight excluding hydrogens is 254 g/mol. The molecule has 0 amide bonds. The van der Waals surface area contributed by atoms with Gasteiger partial charge in [-0.25, -0.2) is 4.68 Å². The molecule has 1 saturated carbocycles. The van der Waals surface area contributed by atoms with Crippen LogP contribution in [-0.2, 0) is 4.74 Å². The number of hydrogen-bond donors (Lipinski definition) is 1. The summed E-state index contributed by atoms with van der Waals surface area (Å²) < 4.78 is 7.34. The van der Waals surface area contributed by atoms with Crippen molar-refractivity contribution in [1.29, 1.82) is 0 Å². The molecule has 1 aliphatic rings. The van der Waals surface area contributed by atoms with Crippen LogP contribution in [0.4, 0.5) is 0 Å². The summed E-state index contributed by atoms with van der Waals surface area (Å²) in [7, 11) is 1.67. The Labute approximate surface area is 118 Å². The van der Waals surface area contributed by atoms with Gasteiger partial charge in [0.15, 0.2) is 0 Å². The van der Waals surface area contributed by atoms with Gasteiger partial charge in [-0.3, -0.25) is 0 Å². The molecule has 106 valence electrons. The van der Waals surface area contributed by atoms with Crippen LogP contribution in [0.1, 0.15) is 37.5 Å². The number of aromatic nitrogens is 3. The van der Waals surface area contributed by atoms with Gasteiger partial charge in [0.2, 0.25) is 0 Å². The summed E-state index contributed by atoms with van der Waals surface area (Å²) in [5, 5.41) is 18.8. The van der Waals surface area contributed by atoms with Crippen molar-refractivity contribution in [3.05, 3.63) is 42.2 Å². The van der Waals surface area contributed by atoms with E-state index in [-0.39, 0.29) is 0 Å². The van der Waals surface area contributed by atoms with Gasteiger partial charge in [-0.2, -0.15) is 0 Å². The molecule has 0 radical (unpaired) electrons. The van der Waals surface area contributed by atoms with Gasteiger partial charge >= 0.3 is 0 Å². The molecule has 1 atom stereocenters. The predicted molar refractivity (Wildman–Crippen MR) is 74.5 cm³/mol. The second kappa shape index (κ2) is 5.34. The predicted octanol–water partition coefficient (Wildman–Crippen LogP) is 2.26. The second-order valence-electron chi connectivity index (χ2n) is 5.28. The van der Waals surface area contributed by atoms with Crippen LogP contribution in [0.25, 0.3) is 5.69 Å². The number of aliphatic hydroxyl groups is 1. The number of ether oxygens (including phenoxy) is 1. The monoisotopic (exact) mass is 273 g/mol. The minimum absolute atomic E-state index is 0.506. The van der Waals surface area contributed by atoms with E-state index in [2.05, 4.69) is 10.3 Å². The summed E-state index contributed by atoms with van der Waals surface area (Å²) in [5.74, 6) is 0. The molecule has 1 heterocycles. The van der Waals surface area contributed by atoms with E-state index in [9.17, 15) is 5.11 Å². The number of benzene rings is 1. The zero-order valence-corrected chi connectivity index (χ0v) is 11.6. The summed E-state index contributed by atoms with van der Waals surface area (Å²) in [4.78, 5) is 0. The number of hydrogen-bond acceptors (Lipinski definition) is 4. The van der Waals surface area contributed by atoms with Gasteiger partial charge in [-0.15, -0.1) is 5.10 Å². The van der Waals surface area contributed by atoms with Gasteiger partial charge in [0.1, 0.15) is 6.10 Å². The molecular formula is C15H19N3O2. The zero-order chi connectivity index (χ0) is 14.0. The summed E-state index contributed by atoms with van der Waals surface area (Å²) in [6.07, 6.45) is 4.80. The van der Waals surface area contributed by atoms with Crippen molar-refractivity contribution in [3.63, 3.8) is 0 Å². The first kappa shape index (κ1) is 13.3. The molecule has 5 nitrogen and oxygen atoms in total. The van der Waals surface area contributed by atoms with Crippen LogP contribution >= 0.6 is 0 Å². The Hall–Kier alpha value is -1.72. The standard InChI is InChI=1S/C15H19N3O2/c1-20-15(9-5-6-10-15)14(19)13-11-16-17-18(13)12-7-3-2-4-8-12/h2-4,7-8,11,14,19H,5-6,9-10H2,1H3. The topological polar surface area (TPSA) is 60.2 Å². The lowest BCUT2D eigenvalue weighted by Gasteiger charge is -2.32. The fourth-order valence-corrected chi connectivity index (χ4v) is 3.03. The van der Waals surface area contributed by atoms with E-state index >= 15 is 0 Å². The van der Waals surface area contributed by atoms with E-state index in [1.165, 1.54) is 0 Å². The maximum Gasteiger partial charge on any atom is 0.127 e. The largest absolute Gasteiger partial charge is 0.384 e. The molecule has 20 heavy (non-hydrogen) atoms. The van der Waals surface area contributed by atoms with Crippen LogP contribution in [0, 0.1) is 0 Å². The van der Waals surface area contributed by atoms with Gasteiger partial charge < -0.3 is 9.84 Å². The van der Waals surface area contributed by atoms with Crippen molar-refractivity contribution in [1.82, 2.24) is 15.0 Å². The van der Waals surface area contributed by atoms with Crippen LogP contribution in [0.5, 0.6) is 0 Å². The van der Waals surface area contributed by atoms with Crippen molar-refractivity contribution in [2.75, 3.05) is 7.11 Å². The van der Waals surface area contributed by atoms with Crippen LogP contribution in [0.3, 0.4) is 0 Å². The third-order valence-electron chi connectivity index (χ3n) is 4.21. The lowest BCUT2D eigenvalue weighted by Crippen LogP contribution is -2.36. The minimum atomic E-state index is -0.717. The number of nitrogens with zero attached hydrogens (tertiary/aromatic N) is 3. The van der Waals surface area contributed by atoms with Gasteiger partial charge in [0, 0.05) is 7.11 Å². The maximum atomic E-state index is 10.8. The molecule has 1 N–H and O–H groups in total. The highest BCUT2D eigenvalue weighted by Gasteiger charge is 2.43. The number of para-hydroxylation sites is 1. The molecule has 0 bridgehead atoms. The van der Waals surface area contributed by atoms with E-state index in [0.29, 0.717) is 5.69 Å². The number of methoxy groups -OCH3 is 1. The van der Waals surface area contributed by atoms with Crippen molar-refractivity contribution < 1.29 is 9.84 Å². The first-order valence-corrected chi connectivity index (χ1v) is 6.96. The molecule has 1 aromatic carbocycles. The number of rotatable bonds is 4. The third-order valence-corrected chi connectivity index (χ3v) is 4.21. The lowest BCUT2D eigenvalue weighted by molar-refractivity contribution is -0.102. The fraction of sp³-hybridized carbons (Fsp3) is 0.467. The third kappa shape index (κ3) is 2.13. The van der Waals surface area contributed by atoms with Gasteiger partial charge in [0.25, 0.3) is 0 Å². The molecule has 1 aromatic heterocycles. The molecule has 1 unspecified atom stereocenters. The van der Waals surface area contributed by atoms with Crippen LogP contribution in [-0.4, -0.2) is 32.8 Å². The Morgan fingerprint density at radius 1 is 1.25 bits per heavy atom. The molecule has 1 fully saturated rings. The Kier molecular flexibility index (Phi) is 3.54. The van der Waals surface area contributed by atoms with E-state index in [4.69, 9.17) is 4.74 Å². The average Bonchev–Trinajstić information content (AvgIpc) is 3.17. The average molecular weight is 273 g/mol. The Morgan fingerprint density at radius 2 is 1.95 bits per heavy atom. The fourth-order valence-electron chi connectivity index (χ4n) is 3.03. The maximum absolute atomic E-state index is 10.8. The first-order valence-electron chi connectivity index (χ1n) is 6.96. The molecule has 2 aromatic rings. The van der Waals surface area contributed by atoms with Crippen LogP contribution < -0.4 is 0 Å².